The monoisotopic (exact) mass is 517 g/mol. The lowest BCUT2D eigenvalue weighted by Crippen LogP contribution is -2.60. The first kappa shape index (κ1) is 21.2. The van der Waals surface area contributed by atoms with Crippen LogP contribution in [0.5, 0.6) is 0 Å². The van der Waals surface area contributed by atoms with Gasteiger partial charge in [-0.05, 0) is 46.5 Å². The van der Waals surface area contributed by atoms with Crippen molar-refractivity contribution in [1.29, 1.82) is 0 Å². The van der Waals surface area contributed by atoms with E-state index in [0.717, 1.165) is 12.1 Å². The van der Waals surface area contributed by atoms with Gasteiger partial charge in [-0.25, -0.2) is 0 Å². The number of hydrogen-bond acceptors (Lipinski definition) is 3. The Morgan fingerprint density at radius 2 is 1.86 bits per heavy atom. The highest BCUT2D eigenvalue weighted by atomic mass is 79.9. The summed E-state index contributed by atoms with van der Waals surface area (Å²) in [6.45, 7) is 1.85. The summed E-state index contributed by atoms with van der Waals surface area (Å²) in [4.78, 5) is 27.1. The van der Waals surface area contributed by atoms with E-state index in [4.69, 9.17) is 34.8 Å². The molecular formula is C20H19BrCl3N3O2. The van der Waals surface area contributed by atoms with Crippen LogP contribution in [-0.4, -0.2) is 38.4 Å². The molecule has 2 aliphatic rings. The fourth-order valence-electron chi connectivity index (χ4n) is 4.37. The zero-order valence-corrected chi connectivity index (χ0v) is 19.2. The van der Waals surface area contributed by atoms with Crippen molar-refractivity contribution in [3.05, 3.63) is 68.5 Å². The second-order valence-corrected chi connectivity index (χ2v) is 10.8. The number of carbonyl (C=O) groups is 1. The molecule has 4 rings (SSSR count). The molecule has 1 N–H and O–H groups in total. The topological polar surface area (TPSA) is 54.3 Å². The minimum Gasteiger partial charge on any atom is -0.332 e. The van der Waals surface area contributed by atoms with Crippen LogP contribution in [0.2, 0.25) is 0 Å². The summed E-state index contributed by atoms with van der Waals surface area (Å²) in [5, 5.41) is 2.90. The molecule has 1 aromatic heterocycles. The average molecular weight is 520 g/mol. The van der Waals surface area contributed by atoms with E-state index in [1.807, 2.05) is 21.6 Å². The number of piperidine rings is 1. The number of halogens is 4. The Labute approximate surface area is 192 Å². The van der Waals surface area contributed by atoms with Crippen molar-refractivity contribution in [3.8, 4) is 0 Å². The summed E-state index contributed by atoms with van der Waals surface area (Å²) in [5.41, 5.74) is 1.49. The van der Waals surface area contributed by atoms with Gasteiger partial charge in [0.15, 0.2) is 0 Å². The van der Waals surface area contributed by atoms with Gasteiger partial charge in [-0.1, -0.05) is 53.0 Å². The van der Waals surface area contributed by atoms with E-state index in [0.29, 0.717) is 29.7 Å². The summed E-state index contributed by atoms with van der Waals surface area (Å²) < 4.78 is 0.809. The number of aromatic nitrogens is 1. The zero-order valence-electron chi connectivity index (χ0n) is 15.3. The highest BCUT2D eigenvalue weighted by Gasteiger charge is 2.44. The van der Waals surface area contributed by atoms with E-state index in [9.17, 15) is 9.59 Å². The Bertz CT molecular complexity index is 991. The van der Waals surface area contributed by atoms with Gasteiger partial charge < -0.3 is 9.88 Å². The lowest BCUT2D eigenvalue weighted by atomic mass is 9.83. The fraction of sp³-hybridized carbons (Fsp3) is 0.400. The van der Waals surface area contributed by atoms with Gasteiger partial charge in [0.2, 0.25) is 3.79 Å². The summed E-state index contributed by atoms with van der Waals surface area (Å²) in [5.74, 6) is 0.0735. The Kier molecular flexibility index (Phi) is 6.02. The second-order valence-electron chi connectivity index (χ2n) is 7.55. The molecule has 29 heavy (non-hydrogen) atoms. The summed E-state index contributed by atoms with van der Waals surface area (Å²) in [7, 11) is 0. The molecule has 1 fully saturated rings. The molecule has 0 spiro atoms. The first-order valence-corrected chi connectivity index (χ1v) is 11.2. The molecule has 5 nitrogen and oxygen atoms in total. The van der Waals surface area contributed by atoms with Gasteiger partial charge >= 0.3 is 0 Å². The number of rotatable bonds is 3. The SMILES string of the molecule is O=C(N[C@H](N1C[C@@H]2C[C@H](C1)c1cccc(=O)n1C2)C(Cl)(Cl)Cl)c1ccccc1Br. The number of benzene rings is 1. The molecule has 2 aromatic rings. The average Bonchev–Trinajstić information content (AvgIpc) is 2.66. The van der Waals surface area contributed by atoms with Crippen molar-refractivity contribution in [3.63, 3.8) is 0 Å². The zero-order chi connectivity index (χ0) is 20.8. The molecule has 9 heteroatoms. The van der Waals surface area contributed by atoms with Crippen molar-refractivity contribution in [2.75, 3.05) is 13.1 Å². The number of amides is 1. The second kappa shape index (κ2) is 8.23. The summed E-state index contributed by atoms with van der Waals surface area (Å²) in [6.07, 6.45) is 0.185. The van der Waals surface area contributed by atoms with Crippen molar-refractivity contribution < 1.29 is 4.79 Å². The Hall–Kier alpha value is -1.05. The number of pyridine rings is 1. The number of fused-ring (bicyclic) bond motifs is 4. The molecule has 1 amide bonds. The van der Waals surface area contributed by atoms with Crippen LogP contribution in [0.3, 0.4) is 0 Å². The Morgan fingerprint density at radius 1 is 1.10 bits per heavy atom. The van der Waals surface area contributed by atoms with Gasteiger partial charge in [-0.2, -0.15) is 0 Å². The van der Waals surface area contributed by atoms with Crippen molar-refractivity contribution >= 4 is 56.6 Å². The van der Waals surface area contributed by atoms with Gasteiger partial charge in [-0.3, -0.25) is 14.5 Å². The van der Waals surface area contributed by atoms with Crippen molar-refractivity contribution in [2.45, 2.75) is 28.8 Å². The molecular weight excluding hydrogens is 501 g/mol. The van der Waals surface area contributed by atoms with Gasteiger partial charge in [0, 0.05) is 41.8 Å². The van der Waals surface area contributed by atoms with Crippen LogP contribution in [0.25, 0.3) is 0 Å². The van der Waals surface area contributed by atoms with Crippen LogP contribution in [0.1, 0.15) is 28.4 Å². The molecule has 154 valence electrons. The number of nitrogens with one attached hydrogen (secondary N) is 1. The molecule has 0 unspecified atom stereocenters. The van der Waals surface area contributed by atoms with Crippen LogP contribution < -0.4 is 10.9 Å². The minimum atomic E-state index is -1.71. The number of alkyl halides is 3. The van der Waals surface area contributed by atoms with Crippen LogP contribution in [-0.2, 0) is 6.54 Å². The third kappa shape index (κ3) is 4.37. The van der Waals surface area contributed by atoms with E-state index < -0.39 is 9.96 Å². The number of carbonyl (C=O) groups excluding carboxylic acids is 1. The standard InChI is InChI=1S/C20H19BrCl3N3O2/c21-15-5-2-1-4-14(15)18(29)25-19(20(22,23)24)26-9-12-8-13(11-26)16-6-3-7-17(28)27(16)10-12/h1-7,12-13,19H,8-11H2,(H,25,29)/t12-,13+,19+/m0/s1. The summed E-state index contributed by atoms with van der Waals surface area (Å²) >= 11 is 22.3. The molecule has 3 atom stereocenters. The van der Waals surface area contributed by atoms with E-state index >= 15 is 0 Å². The molecule has 1 saturated heterocycles. The molecule has 0 radical (unpaired) electrons. The molecule has 2 bridgehead atoms. The normalized spacial score (nSPS) is 22.6. The lowest BCUT2D eigenvalue weighted by molar-refractivity contribution is 0.0586. The quantitative estimate of drug-likeness (QED) is 0.620. The first-order chi connectivity index (χ1) is 13.7. The lowest BCUT2D eigenvalue weighted by Gasteiger charge is -2.47. The van der Waals surface area contributed by atoms with Crippen LogP contribution in [0.4, 0.5) is 0 Å². The van der Waals surface area contributed by atoms with Crippen molar-refractivity contribution in [2.24, 2.45) is 5.92 Å². The minimum absolute atomic E-state index is 0.0193. The van der Waals surface area contributed by atoms with Gasteiger partial charge in [0.25, 0.3) is 11.5 Å². The first-order valence-electron chi connectivity index (χ1n) is 9.30. The molecule has 1 aromatic carbocycles. The molecule has 0 saturated carbocycles. The van der Waals surface area contributed by atoms with Crippen LogP contribution >= 0.6 is 50.7 Å². The predicted octanol–water partition coefficient (Wildman–Crippen LogP) is 4.16. The third-order valence-electron chi connectivity index (χ3n) is 5.57. The van der Waals surface area contributed by atoms with Gasteiger partial charge in [-0.15, -0.1) is 0 Å². The van der Waals surface area contributed by atoms with E-state index in [2.05, 4.69) is 21.2 Å². The maximum Gasteiger partial charge on any atom is 0.253 e. The smallest absolute Gasteiger partial charge is 0.253 e. The molecule has 0 aliphatic carbocycles. The number of hydrogen-bond donors (Lipinski definition) is 1. The molecule has 3 heterocycles. The maximum absolute atomic E-state index is 12.9. The van der Waals surface area contributed by atoms with Gasteiger partial charge in [0.1, 0.15) is 6.17 Å². The Morgan fingerprint density at radius 3 is 2.59 bits per heavy atom. The highest BCUT2D eigenvalue weighted by Crippen LogP contribution is 2.40. The third-order valence-corrected chi connectivity index (χ3v) is 6.88. The summed E-state index contributed by atoms with van der Waals surface area (Å²) in [6, 6.07) is 12.5. The fourth-order valence-corrected chi connectivity index (χ4v) is 5.41. The maximum atomic E-state index is 12.9. The van der Waals surface area contributed by atoms with Crippen LogP contribution in [0, 0.1) is 5.92 Å². The van der Waals surface area contributed by atoms with E-state index in [1.54, 1.807) is 30.3 Å². The largest absolute Gasteiger partial charge is 0.332 e. The predicted molar refractivity (Wildman–Crippen MR) is 119 cm³/mol. The van der Waals surface area contributed by atoms with E-state index in [-0.39, 0.29) is 23.3 Å². The molecule has 2 aliphatic heterocycles. The van der Waals surface area contributed by atoms with Crippen molar-refractivity contribution in [1.82, 2.24) is 14.8 Å². The highest BCUT2D eigenvalue weighted by molar-refractivity contribution is 9.10. The number of likely N-dealkylation sites (tertiary alicyclic amines) is 1. The Balaban J connectivity index is 1.60. The van der Waals surface area contributed by atoms with Crippen LogP contribution in [0.15, 0.2) is 51.7 Å². The number of nitrogens with zero attached hydrogens (tertiary/aromatic N) is 2. The van der Waals surface area contributed by atoms with E-state index in [1.165, 1.54) is 0 Å². The van der Waals surface area contributed by atoms with Gasteiger partial charge in [0.05, 0.1) is 5.56 Å².